The minimum atomic E-state index is -3.98. The van der Waals surface area contributed by atoms with Crippen molar-refractivity contribution >= 4 is 50.4 Å². The van der Waals surface area contributed by atoms with E-state index < -0.39 is 46.1 Å². The number of nitrogens with one attached hydrogen (secondary N) is 1. The van der Waals surface area contributed by atoms with Crippen LogP contribution in [0.5, 0.6) is 0 Å². The fraction of sp³-hybridized carbons (Fsp3) is 0.571. The van der Waals surface area contributed by atoms with Crippen LogP contribution in [0.1, 0.15) is 36.0 Å². The molecule has 1 aliphatic carbocycles. The SMILES string of the molecule is CN=C/C(=N/N)S(=O)(=O)N1CCN(C2(CNC(=O)c3c(F)cc(Cl)cc3Cl)CCC(F)(F)CC2)CC1. The van der Waals surface area contributed by atoms with Crippen molar-refractivity contribution in [3.05, 3.63) is 33.6 Å². The van der Waals surface area contributed by atoms with Crippen LogP contribution in [0.4, 0.5) is 13.2 Å². The number of rotatable bonds is 6. The summed E-state index contributed by atoms with van der Waals surface area (Å²) >= 11 is 11.8. The molecule has 0 aromatic heterocycles. The van der Waals surface area contributed by atoms with E-state index in [4.69, 9.17) is 29.0 Å². The smallest absolute Gasteiger partial charge is 0.263 e. The van der Waals surface area contributed by atoms with Crippen LogP contribution < -0.4 is 11.2 Å². The predicted molar refractivity (Wildman–Crippen MR) is 133 cm³/mol. The van der Waals surface area contributed by atoms with Gasteiger partial charge in [0.25, 0.3) is 15.9 Å². The van der Waals surface area contributed by atoms with Crippen molar-refractivity contribution in [2.45, 2.75) is 37.1 Å². The molecular formula is C21H27Cl2F3N6O3S. The number of aliphatic imine (C=N–C) groups is 1. The van der Waals surface area contributed by atoms with Gasteiger partial charge in [-0.25, -0.2) is 21.6 Å². The van der Waals surface area contributed by atoms with Crippen LogP contribution in [0.2, 0.25) is 10.0 Å². The quantitative estimate of drug-likeness (QED) is 0.236. The molecule has 1 saturated carbocycles. The summed E-state index contributed by atoms with van der Waals surface area (Å²) in [6, 6.07) is 2.20. The zero-order valence-corrected chi connectivity index (χ0v) is 21.8. The van der Waals surface area contributed by atoms with Gasteiger partial charge in [-0.3, -0.25) is 14.7 Å². The summed E-state index contributed by atoms with van der Waals surface area (Å²) < 4.78 is 69.2. The first-order chi connectivity index (χ1) is 16.8. The minimum absolute atomic E-state index is 0.0286. The van der Waals surface area contributed by atoms with Crippen LogP contribution >= 0.6 is 23.2 Å². The molecule has 0 spiro atoms. The van der Waals surface area contributed by atoms with Gasteiger partial charge in [0.05, 0.1) is 16.8 Å². The van der Waals surface area contributed by atoms with Gasteiger partial charge >= 0.3 is 0 Å². The third kappa shape index (κ3) is 6.13. The number of hydrogen-bond donors (Lipinski definition) is 2. The molecule has 15 heteroatoms. The lowest BCUT2D eigenvalue weighted by Gasteiger charge is -2.50. The summed E-state index contributed by atoms with van der Waals surface area (Å²) in [4.78, 5) is 18.3. The second kappa shape index (κ2) is 11.2. The third-order valence-electron chi connectivity index (χ3n) is 6.60. The summed E-state index contributed by atoms with van der Waals surface area (Å²) in [7, 11) is -2.59. The number of nitrogens with two attached hydrogens (primary N) is 1. The highest BCUT2D eigenvalue weighted by atomic mass is 35.5. The first-order valence-corrected chi connectivity index (χ1v) is 13.3. The molecule has 0 radical (unpaired) electrons. The number of amides is 1. The van der Waals surface area contributed by atoms with Gasteiger partial charge in [0.1, 0.15) is 5.82 Å². The maximum absolute atomic E-state index is 14.4. The Kier molecular flexibility index (Phi) is 8.92. The van der Waals surface area contributed by atoms with Gasteiger partial charge in [-0.2, -0.15) is 9.41 Å². The van der Waals surface area contributed by atoms with Crippen molar-refractivity contribution < 1.29 is 26.4 Å². The highest BCUT2D eigenvalue weighted by molar-refractivity contribution is 8.06. The maximum Gasteiger partial charge on any atom is 0.263 e. The molecule has 1 saturated heterocycles. The molecule has 2 aliphatic rings. The summed E-state index contributed by atoms with van der Waals surface area (Å²) in [6.07, 6.45) is 0.371. The zero-order chi connectivity index (χ0) is 26.7. The standard InChI is InChI=1S/C21H27Cl2F3N6O3S/c1-28-12-17(30-27)36(34,35)32-8-6-31(7-9-32)20(2-4-21(25,26)5-3-20)13-29-19(33)18-15(23)10-14(22)11-16(18)24/h10-12H,2-9,13,27H2,1H3,(H,29,33)/b28-12?,30-17-. The third-order valence-corrected chi connectivity index (χ3v) is 8.91. The molecular weight excluding hydrogens is 544 g/mol. The van der Waals surface area contributed by atoms with Crippen molar-refractivity contribution in [1.82, 2.24) is 14.5 Å². The number of halogens is 5. The number of hydrazone groups is 1. The number of benzene rings is 1. The Bertz CT molecular complexity index is 1120. The van der Waals surface area contributed by atoms with E-state index in [0.29, 0.717) is 0 Å². The van der Waals surface area contributed by atoms with E-state index in [1.165, 1.54) is 17.4 Å². The van der Waals surface area contributed by atoms with Crippen molar-refractivity contribution in [3.8, 4) is 0 Å². The van der Waals surface area contributed by atoms with Gasteiger partial charge in [-0.05, 0) is 25.0 Å². The van der Waals surface area contributed by atoms with Gasteiger partial charge < -0.3 is 11.2 Å². The Morgan fingerprint density at radius 2 is 1.78 bits per heavy atom. The van der Waals surface area contributed by atoms with Crippen LogP contribution in [0.25, 0.3) is 0 Å². The fourth-order valence-electron chi connectivity index (χ4n) is 4.59. The molecule has 1 amide bonds. The van der Waals surface area contributed by atoms with Crippen molar-refractivity contribution in [3.63, 3.8) is 0 Å². The lowest BCUT2D eigenvalue weighted by molar-refractivity contribution is -0.0855. The predicted octanol–water partition coefficient (Wildman–Crippen LogP) is 2.73. The Balaban J connectivity index is 1.77. The summed E-state index contributed by atoms with van der Waals surface area (Å²) in [5, 5.41) is 5.41. The molecule has 3 N–H and O–H groups in total. The second-order valence-electron chi connectivity index (χ2n) is 8.75. The lowest BCUT2D eigenvalue weighted by Crippen LogP contribution is -2.63. The molecule has 0 atom stereocenters. The average Bonchev–Trinajstić information content (AvgIpc) is 2.81. The molecule has 1 heterocycles. The van der Waals surface area contributed by atoms with Crippen LogP contribution in [0, 0.1) is 5.82 Å². The number of carbonyl (C=O) groups is 1. The van der Waals surface area contributed by atoms with Crippen LogP contribution in [0.15, 0.2) is 22.2 Å². The summed E-state index contributed by atoms with van der Waals surface area (Å²) in [6.45, 7) is 0.506. The Morgan fingerprint density at radius 3 is 2.31 bits per heavy atom. The lowest BCUT2D eigenvalue weighted by atomic mass is 9.78. The van der Waals surface area contributed by atoms with Crippen molar-refractivity contribution in [1.29, 1.82) is 0 Å². The summed E-state index contributed by atoms with van der Waals surface area (Å²) in [5.74, 6) is 0.678. The minimum Gasteiger partial charge on any atom is -0.350 e. The van der Waals surface area contributed by atoms with Crippen molar-refractivity contribution in [2.24, 2.45) is 15.9 Å². The molecule has 200 valence electrons. The van der Waals surface area contributed by atoms with E-state index in [2.05, 4.69) is 15.4 Å². The number of sulfonamides is 1. The molecule has 0 bridgehead atoms. The normalized spacial score (nSPS) is 21.6. The molecule has 1 aromatic rings. The largest absolute Gasteiger partial charge is 0.350 e. The molecule has 9 nitrogen and oxygen atoms in total. The first kappa shape index (κ1) is 28.6. The molecule has 0 unspecified atom stereocenters. The number of alkyl halides is 2. The Hall–Kier alpha value is -1.93. The topological polar surface area (TPSA) is 120 Å². The van der Waals surface area contributed by atoms with E-state index in [0.717, 1.165) is 12.3 Å². The number of carbonyl (C=O) groups excluding carboxylic acids is 1. The number of piperazine rings is 1. The average molecular weight is 571 g/mol. The number of nitrogens with zero attached hydrogens (tertiary/aromatic N) is 4. The van der Waals surface area contributed by atoms with Gasteiger partial charge in [-0.1, -0.05) is 23.2 Å². The molecule has 3 rings (SSSR count). The Labute approximate surface area is 217 Å². The van der Waals surface area contributed by atoms with E-state index in [9.17, 15) is 26.4 Å². The molecule has 1 aromatic carbocycles. The van der Waals surface area contributed by atoms with E-state index in [1.54, 1.807) is 0 Å². The molecule has 2 fully saturated rings. The van der Waals surface area contributed by atoms with Crippen molar-refractivity contribution in [2.75, 3.05) is 39.8 Å². The highest BCUT2D eigenvalue weighted by Gasteiger charge is 2.48. The molecule has 1 aliphatic heterocycles. The zero-order valence-electron chi connectivity index (χ0n) is 19.5. The first-order valence-electron chi connectivity index (χ1n) is 11.1. The van der Waals surface area contributed by atoms with Gasteiger partial charge in [0, 0.05) is 63.2 Å². The van der Waals surface area contributed by atoms with E-state index >= 15 is 0 Å². The van der Waals surface area contributed by atoms with Gasteiger partial charge in [0.15, 0.2) is 0 Å². The van der Waals surface area contributed by atoms with Gasteiger partial charge in [0.2, 0.25) is 11.0 Å². The van der Waals surface area contributed by atoms with E-state index in [1.807, 2.05) is 4.90 Å². The maximum atomic E-state index is 14.4. The highest BCUT2D eigenvalue weighted by Crippen LogP contribution is 2.42. The van der Waals surface area contributed by atoms with Gasteiger partial charge in [-0.15, -0.1) is 0 Å². The van der Waals surface area contributed by atoms with Crippen LogP contribution in [-0.2, 0) is 10.0 Å². The number of hydrogen-bond acceptors (Lipinski definition) is 7. The van der Waals surface area contributed by atoms with Crippen LogP contribution in [-0.4, -0.2) is 86.0 Å². The fourth-order valence-corrected chi connectivity index (χ4v) is 6.43. The monoisotopic (exact) mass is 570 g/mol. The summed E-state index contributed by atoms with van der Waals surface area (Å²) in [5.41, 5.74) is -1.27. The second-order valence-corrected chi connectivity index (χ2v) is 11.5. The van der Waals surface area contributed by atoms with E-state index in [-0.39, 0.29) is 66.2 Å². The van der Waals surface area contributed by atoms with Crippen LogP contribution in [0.3, 0.4) is 0 Å². The molecule has 36 heavy (non-hydrogen) atoms. The Morgan fingerprint density at radius 1 is 1.17 bits per heavy atom.